The Morgan fingerprint density at radius 2 is 2.04 bits per heavy atom. The van der Waals surface area contributed by atoms with Crippen LogP contribution in [-0.2, 0) is 7.05 Å². The van der Waals surface area contributed by atoms with Crippen LogP contribution in [0.4, 0.5) is 5.82 Å². The number of hydrogen-bond acceptors (Lipinski definition) is 3. The normalized spacial score (nSPS) is 10.7. The smallest absolute Gasteiger partial charge is 0.262 e. The van der Waals surface area contributed by atoms with Crippen LogP contribution in [0.25, 0.3) is 10.9 Å². The molecule has 116 valence electrons. The summed E-state index contributed by atoms with van der Waals surface area (Å²) in [5.74, 6) is -0.0994. The predicted octanol–water partition coefficient (Wildman–Crippen LogP) is 3.15. The molecule has 6 heteroatoms. The fourth-order valence-electron chi connectivity index (χ4n) is 2.41. The number of benzene rings is 1. The van der Waals surface area contributed by atoms with Gasteiger partial charge >= 0.3 is 0 Å². The summed E-state index contributed by atoms with van der Waals surface area (Å²) in [6, 6.07) is 8.58. The second kappa shape index (κ2) is 5.85. The van der Waals surface area contributed by atoms with Crippen molar-refractivity contribution in [2.45, 2.75) is 6.92 Å². The second-order valence-electron chi connectivity index (χ2n) is 5.29. The Morgan fingerprint density at radius 3 is 2.74 bits per heavy atom. The molecule has 0 radical (unpaired) electrons. The Bertz CT molecular complexity index is 962. The van der Waals surface area contributed by atoms with Crippen LogP contribution in [0, 0.1) is 6.92 Å². The molecular weight excluding hydrogens is 314 g/mol. The van der Waals surface area contributed by atoms with E-state index in [2.05, 4.69) is 10.3 Å². The number of nitrogens with one attached hydrogen (secondary N) is 1. The zero-order chi connectivity index (χ0) is 16.6. The summed E-state index contributed by atoms with van der Waals surface area (Å²) in [6.07, 6.45) is 3.13. The first-order chi connectivity index (χ1) is 11.0. The maximum Gasteiger partial charge on any atom is 0.262 e. The Balaban J connectivity index is 2.06. The lowest BCUT2D eigenvalue weighted by molar-refractivity contribution is 0.102. The van der Waals surface area contributed by atoms with Crippen molar-refractivity contribution in [1.29, 1.82) is 0 Å². The standard InChI is InChI=1S/C17H14ClN3O2/c1-10-6-7-14(19-8-10)20-17(23)12-9-21(2)15-11(16(12)22)4-3-5-13(15)18/h3-9H,1-2H3,(H,19,20,23). The molecule has 1 amide bonds. The van der Waals surface area contributed by atoms with Crippen molar-refractivity contribution >= 4 is 34.2 Å². The maximum atomic E-state index is 12.6. The van der Waals surface area contributed by atoms with Crippen LogP contribution in [0.2, 0.25) is 5.02 Å². The summed E-state index contributed by atoms with van der Waals surface area (Å²) >= 11 is 6.14. The molecule has 0 aliphatic heterocycles. The van der Waals surface area contributed by atoms with Crippen molar-refractivity contribution in [3.8, 4) is 0 Å². The van der Waals surface area contributed by atoms with Crippen molar-refractivity contribution in [2.75, 3.05) is 5.32 Å². The lowest BCUT2D eigenvalue weighted by Gasteiger charge is -2.10. The number of rotatable bonds is 2. The van der Waals surface area contributed by atoms with Gasteiger partial charge in [0, 0.05) is 24.8 Å². The van der Waals surface area contributed by atoms with Gasteiger partial charge in [-0.05, 0) is 30.7 Å². The largest absolute Gasteiger partial charge is 0.348 e. The molecule has 3 rings (SSSR count). The number of aryl methyl sites for hydroxylation is 2. The molecular formula is C17H14ClN3O2. The third kappa shape index (κ3) is 2.83. The number of fused-ring (bicyclic) bond motifs is 1. The summed E-state index contributed by atoms with van der Waals surface area (Å²) in [5, 5.41) is 3.51. The van der Waals surface area contributed by atoms with E-state index in [9.17, 15) is 9.59 Å². The summed E-state index contributed by atoms with van der Waals surface area (Å²) < 4.78 is 1.68. The first-order valence-electron chi connectivity index (χ1n) is 6.99. The predicted molar refractivity (Wildman–Crippen MR) is 91.1 cm³/mol. The summed E-state index contributed by atoms with van der Waals surface area (Å²) in [4.78, 5) is 29.1. The van der Waals surface area contributed by atoms with E-state index in [1.807, 2.05) is 13.0 Å². The lowest BCUT2D eigenvalue weighted by Crippen LogP contribution is -2.23. The van der Waals surface area contributed by atoms with Crippen molar-refractivity contribution in [3.63, 3.8) is 0 Å². The fraction of sp³-hybridized carbons (Fsp3) is 0.118. The number of aromatic nitrogens is 2. The SMILES string of the molecule is Cc1ccc(NC(=O)c2cn(C)c3c(Cl)cccc3c2=O)nc1. The number of amides is 1. The zero-order valence-electron chi connectivity index (χ0n) is 12.6. The number of anilines is 1. The van der Waals surface area contributed by atoms with Crippen LogP contribution < -0.4 is 10.7 Å². The highest BCUT2D eigenvalue weighted by Crippen LogP contribution is 2.21. The van der Waals surface area contributed by atoms with Gasteiger partial charge < -0.3 is 9.88 Å². The molecule has 0 fully saturated rings. The highest BCUT2D eigenvalue weighted by atomic mass is 35.5. The molecule has 0 aliphatic rings. The molecule has 2 aromatic heterocycles. The Kier molecular flexibility index (Phi) is 3.88. The molecule has 0 spiro atoms. The van der Waals surface area contributed by atoms with Crippen LogP contribution in [0.3, 0.4) is 0 Å². The molecule has 0 saturated heterocycles. The number of nitrogens with zero attached hydrogens (tertiary/aromatic N) is 2. The quantitative estimate of drug-likeness (QED) is 0.786. The van der Waals surface area contributed by atoms with Crippen molar-refractivity contribution in [3.05, 3.63) is 69.1 Å². The summed E-state index contributed by atoms with van der Waals surface area (Å²) in [7, 11) is 1.74. The van der Waals surface area contributed by atoms with Crippen molar-refractivity contribution in [2.24, 2.45) is 7.05 Å². The topological polar surface area (TPSA) is 64.0 Å². The van der Waals surface area contributed by atoms with Gasteiger partial charge in [-0.15, -0.1) is 0 Å². The number of pyridine rings is 2. The molecule has 1 N–H and O–H groups in total. The minimum atomic E-state index is -0.496. The monoisotopic (exact) mass is 327 g/mol. The minimum Gasteiger partial charge on any atom is -0.348 e. The molecule has 23 heavy (non-hydrogen) atoms. The summed E-state index contributed by atoms with van der Waals surface area (Å²) in [5.41, 5.74) is 1.28. The van der Waals surface area contributed by atoms with Crippen molar-refractivity contribution in [1.82, 2.24) is 9.55 Å². The number of hydrogen-bond donors (Lipinski definition) is 1. The lowest BCUT2D eigenvalue weighted by atomic mass is 10.1. The van der Waals surface area contributed by atoms with E-state index in [1.165, 1.54) is 6.20 Å². The first kappa shape index (κ1) is 15.2. The molecule has 5 nitrogen and oxygen atoms in total. The van der Waals surface area contributed by atoms with Crippen molar-refractivity contribution < 1.29 is 4.79 Å². The van der Waals surface area contributed by atoms with Gasteiger partial charge in [-0.2, -0.15) is 0 Å². The van der Waals surface area contributed by atoms with E-state index in [0.717, 1.165) is 5.56 Å². The number of halogens is 1. The molecule has 0 saturated carbocycles. The zero-order valence-corrected chi connectivity index (χ0v) is 13.4. The Labute approximate surface area is 137 Å². The molecule has 1 aromatic carbocycles. The highest BCUT2D eigenvalue weighted by molar-refractivity contribution is 6.35. The molecule has 0 bridgehead atoms. The molecule has 3 aromatic rings. The first-order valence-corrected chi connectivity index (χ1v) is 7.37. The average molecular weight is 328 g/mol. The van der Waals surface area contributed by atoms with E-state index >= 15 is 0 Å². The van der Waals surface area contributed by atoms with E-state index in [4.69, 9.17) is 11.6 Å². The third-order valence-electron chi connectivity index (χ3n) is 3.55. The van der Waals surface area contributed by atoms with E-state index < -0.39 is 5.91 Å². The molecule has 0 aliphatic carbocycles. The van der Waals surface area contributed by atoms with Gasteiger partial charge in [0.25, 0.3) is 5.91 Å². The van der Waals surface area contributed by atoms with Crippen LogP contribution in [0.5, 0.6) is 0 Å². The minimum absolute atomic E-state index is 0.0460. The molecule has 2 heterocycles. The van der Waals surface area contributed by atoms with Gasteiger partial charge in [-0.1, -0.05) is 23.7 Å². The van der Waals surface area contributed by atoms with E-state index in [0.29, 0.717) is 21.7 Å². The van der Waals surface area contributed by atoms with Gasteiger partial charge in [-0.25, -0.2) is 4.98 Å². The van der Waals surface area contributed by atoms with Gasteiger partial charge in [0.05, 0.1) is 10.5 Å². The Hall–Kier alpha value is -2.66. The van der Waals surface area contributed by atoms with Gasteiger partial charge in [0.15, 0.2) is 0 Å². The molecule has 0 unspecified atom stereocenters. The molecule has 0 atom stereocenters. The average Bonchev–Trinajstić information content (AvgIpc) is 2.52. The second-order valence-corrected chi connectivity index (χ2v) is 5.70. The van der Waals surface area contributed by atoms with Crippen LogP contribution in [0.15, 0.2) is 47.5 Å². The summed E-state index contributed by atoms with van der Waals surface area (Å²) in [6.45, 7) is 1.90. The van der Waals surface area contributed by atoms with Gasteiger partial charge in [0.1, 0.15) is 11.4 Å². The van der Waals surface area contributed by atoms with Crippen LogP contribution in [0.1, 0.15) is 15.9 Å². The highest BCUT2D eigenvalue weighted by Gasteiger charge is 2.16. The van der Waals surface area contributed by atoms with Gasteiger partial charge in [-0.3, -0.25) is 9.59 Å². The van der Waals surface area contributed by atoms with E-state index in [-0.39, 0.29) is 11.0 Å². The van der Waals surface area contributed by atoms with Gasteiger partial charge in [0.2, 0.25) is 5.43 Å². The van der Waals surface area contributed by atoms with Crippen LogP contribution in [-0.4, -0.2) is 15.5 Å². The van der Waals surface area contributed by atoms with Crippen LogP contribution >= 0.6 is 11.6 Å². The Morgan fingerprint density at radius 1 is 1.26 bits per heavy atom. The van der Waals surface area contributed by atoms with E-state index in [1.54, 1.807) is 42.1 Å². The fourth-order valence-corrected chi connectivity index (χ4v) is 2.71. The third-order valence-corrected chi connectivity index (χ3v) is 3.85. The maximum absolute atomic E-state index is 12.6. The number of carbonyl (C=O) groups excluding carboxylic acids is 1. The number of para-hydroxylation sites is 1. The number of carbonyl (C=O) groups is 1.